The van der Waals surface area contributed by atoms with Crippen LogP contribution in [0.3, 0.4) is 0 Å². The normalized spacial score (nSPS) is 10.9. The van der Waals surface area contributed by atoms with Crippen LogP contribution in [-0.4, -0.2) is 23.0 Å². The minimum atomic E-state index is -1.02. The van der Waals surface area contributed by atoms with Crippen molar-refractivity contribution in [1.82, 2.24) is 4.90 Å². The van der Waals surface area contributed by atoms with Gasteiger partial charge in [-0.1, -0.05) is 29.8 Å². The summed E-state index contributed by atoms with van der Waals surface area (Å²) in [5.74, 6) is -1.00. The Labute approximate surface area is 112 Å². The molecule has 1 aromatic heterocycles. The predicted octanol–water partition coefficient (Wildman–Crippen LogP) is 2.92. The molecule has 0 aliphatic heterocycles. The number of benzene rings is 1. The van der Waals surface area contributed by atoms with Crippen LogP contribution in [0.2, 0.25) is 0 Å². The first kappa shape index (κ1) is 13.4. The highest BCUT2D eigenvalue weighted by molar-refractivity contribution is 5.86. The lowest BCUT2D eigenvalue weighted by Crippen LogP contribution is -2.18. The molecule has 0 saturated carbocycles. The molecule has 0 atom stereocenters. The van der Waals surface area contributed by atoms with Crippen molar-refractivity contribution in [2.24, 2.45) is 0 Å². The molecule has 0 spiro atoms. The van der Waals surface area contributed by atoms with E-state index < -0.39 is 5.97 Å². The van der Waals surface area contributed by atoms with Crippen LogP contribution in [0.5, 0.6) is 0 Å². The van der Waals surface area contributed by atoms with Gasteiger partial charge in [-0.3, -0.25) is 4.90 Å². The molecule has 1 N–H and O–H groups in total. The van der Waals surface area contributed by atoms with E-state index >= 15 is 0 Å². The Morgan fingerprint density at radius 1 is 1.21 bits per heavy atom. The van der Waals surface area contributed by atoms with E-state index in [0.29, 0.717) is 12.1 Å². The van der Waals surface area contributed by atoms with Gasteiger partial charge in [0.05, 0.1) is 6.26 Å². The number of hydrogen-bond acceptors (Lipinski definition) is 3. The lowest BCUT2D eigenvalue weighted by atomic mass is 10.1. The number of carboxylic acids is 1. The van der Waals surface area contributed by atoms with Gasteiger partial charge in [-0.05, 0) is 25.6 Å². The number of nitrogens with zero attached hydrogens (tertiary/aromatic N) is 1. The molecule has 19 heavy (non-hydrogen) atoms. The molecular formula is C15H17NO3. The van der Waals surface area contributed by atoms with Crippen molar-refractivity contribution < 1.29 is 14.3 Å². The molecule has 2 rings (SSSR count). The second-order valence-electron chi connectivity index (χ2n) is 4.74. The summed E-state index contributed by atoms with van der Waals surface area (Å²) in [5, 5.41) is 8.98. The van der Waals surface area contributed by atoms with E-state index in [1.54, 1.807) is 6.07 Å². The van der Waals surface area contributed by atoms with Crippen LogP contribution in [0.15, 0.2) is 41.0 Å². The lowest BCUT2D eigenvalue weighted by Gasteiger charge is -2.16. The van der Waals surface area contributed by atoms with Gasteiger partial charge in [-0.25, -0.2) is 4.79 Å². The molecule has 4 nitrogen and oxygen atoms in total. The van der Waals surface area contributed by atoms with Gasteiger partial charge in [-0.2, -0.15) is 0 Å². The number of aryl methyl sites for hydroxylation is 1. The fourth-order valence-corrected chi connectivity index (χ4v) is 2.00. The summed E-state index contributed by atoms with van der Waals surface area (Å²) >= 11 is 0. The third kappa shape index (κ3) is 3.45. The van der Waals surface area contributed by atoms with Gasteiger partial charge in [0.2, 0.25) is 5.76 Å². The molecule has 0 unspecified atom stereocenters. The van der Waals surface area contributed by atoms with Gasteiger partial charge in [0.25, 0.3) is 0 Å². The van der Waals surface area contributed by atoms with Crippen LogP contribution in [0.25, 0.3) is 0 Å². The number of hydrogen-bond donors (Lipinski definition) is 1. The van der Waals surface area contributed by atoms with Crippen LogP contribution in [-0.2, 0) is 13.1 Å². The number of rotatable bonds is 5. The van der Waals surface area contributed by atoms with Crippen LogP contribution in [0.4, 0.5) is 0 Å². The first-order valence-electron chi connectivity index (χ1n) is 6.10. The maximum atomic E-state index is 10.9. The Hall–Kier alpha value is -2.07. The zero-order valence-corrected chi connectivity index (χ0v) is 11.1. The number of furan rings is 1. The average molecular weight is 259 g/mol. The smallest absolute Gasteiger partial charge is 0.372 e. The Balaban J connectivity index is 2.01. The fourth-order valence-electron chi connectivity index (χ4n) is 2.00. The summed E-state index contributed by atoms with van der Waals surface area (Å²) in [7, 11) is 1.96. The molecular weight excluding hydrogens is 242 g/mol. The van der Waals surface area contributed by atoms with E-state index in [4.69, 9.17) is 9.52 Å². The second kappa shape index (κ2) is 5.71. The molecule has 0 bridgehead atoms. The van der Waals surface area contributed by atoms with Crippen molar-refractivity contribution in [1.29, 1.82) is 0 Å². The lowest BCUT2D eigenvalue weighted by molar-refractivity contribution is 0.0659. The molecule has 2 aromatic rings. The van der Waals surface area contributed by atoms with Gasteiger partial charge >= 0.3 is 5.97 Å². The molecule has 0 aliphatic carbocycles. The summed E-state index contributed by atoms with van der Waals surface area (Å²) < 4.78 is 4.97. The Bertz CT molecular complexity index is 557. The van der Waals surface area contributed by atoms with Gasteiger partial charge in [-0.15, -0.1) is 0 Å². The van der Waals surface area contributed by atoms with Crippen molar-refractivity contribution >= 4 is 5.97 Å². The van der Waals surface area contributed by atoms with Crippen molar-refractivity contribution in [3.8, 4) is 0 Å². The summed E-state index contributed by atoms with van der Waals surface area (Å²) in [6.45, 7) is 3.37. The highest BCUT2D eigenvalue weighted by atomic mass is 16.4. The van der Waals surface area contributed by atoms with E-state index in [1.165, 1.54) is 17.4 Å². The first-order chi connectivity index (χ1) is 9.06. The van der Waals surface area contributed by atoms with Crippen LogP contribution >= 0.6 is 0 Å². The molecule has 0 amide bonds. The minimum absolute atomic E-state index is 0.0238. The molecule has 0 aliphatic rings. The predicted molar refractivity (Wildman–Crippen MR) is 72.0 cm³/mol. The largest absolute Gasteiger partial charge is 0.475 e. The number of aromatic carboxylic acids is 1. The van der Waals surface area contributed by atoms with Gasteiger partial charge < -0.3 is 9.52 Å². The highest BCUT2D eigenvalue weighted by Crippen LogP contribution is 2.14. The molecule has 1 aromatic carbocycles. The van der Waals surface area contributed by atoms with E-state index in [1.807, 2.05) is 7.05 Å². The van der Waals surface area contributed by atoms with Crippen LogP contribution in [0, 0.1) is 6.92 Å². The summed E-state index contributed by atoms with van der Waals surface area (Å²) in [6, 6.07) is 10.0. The maximum Gasteiger partial charge on any atom is 0.372 e. The third-order valence-electron chi connectivity index (χ3n) is 2.95. The molecule has 100 valence electrons. The molecule has 4 heteroatoms. The Morgan fingerprint density at radius 3 is 2.53 bits per heavy atom. The van der Waals surface area contributed by atoms with Gasteiger partial charge in [0, 0.05) is 18.7 Å². The summed E-state index contributed by atoms with van der Waals surface area (Å²) in [6.07, 6.45) is 1.42. The summed E-state index contributed by atoms with van der Waals surface area (Å²) in [5.41, 5.74) is 3.13. The third-order valence-corrected chi connectivity index (χ3v) is 2.95. The molecule has 0 fully saturated rings. The van der Waals surface area contributed by atoms with Crippen molar-refractivity contribution in [2.75, 3.05) is 7.05 Å². The zero-order chi connectivity index (χ0) is 13.8. The van der Waals surface area contributed by atoms with E-state index in [2.05, 4.69) is 36.1 Å². The SMILES string of the molecule is Cc1ccc(CN(C)Cc2ccoc2C(=O)O)cc1. The zero-order valence-electron chi connectivity index (χ0n) is 11.1. The monoisotopic (exact) mass is 259 g/mol. The fraction of sp³-hybridized carbons (Fsp3) is 0.267. The number of carbonyl (C=O) groups is 1. The minimum Gasteiger partial charge on any atom is -0.475 e. The molecule has 1 heterocycles. The molecule has 0 saturated heterocycles. The van der Waals surface area contributed by atoms with Crippen molar-refractivity contribution in [3.05, 3.63) is 59.0 Å². The quantitative estimate of drug-likeness (QED) is 0.897. The molecule has 0 radical (unpaired) electrons. The maximum absolute atomic E-state index is 10.9. The van der Waals surface area contributed by atoms with Gasteiger partial charge in [0.1, 0.15) is 0 Å². The van der Waals surface area contributed by atoms with Crippen molar-refractivity contribution in [2.45, 2.75) is 20.0 Å². The topological polar surface area (TPSA) is 53.7 Å². The van der Waals surface area contributed by atoms with E-state index in [0.717, 1.165) is 6.54 Å². The Kier molecular flexibility index (Phi) is 4.02. The second-order valence-corrected chi connectivity index (χ2v) is 4.74. The van der Waals surface area contributed by atoms with Crippen molar-refractivity contribution in [3.63, 3.8) is 0 Å². The van der Waals surface area contributed by atoms with E-state index in [9.17, 15) is 4.79 Å². The highest BCUT2D eigenvalue weighted by Gasteiger charge is 2.15. The summed E-state index contributed by atoms with van der Waals surface area (Å²) in [4.78, 5) is 13.0. The number of carboxylic acid groups (broad SMARTS) is 1. The standard InChI is InChI=1S/C15H17NO3/c1-11-3-5-12(6-4-11)9-16(2)10-13-7-8-19-14(13)15(17)18/h3-8H,9-10H2,1-2H3,(H,17,18). The van der Waals surface area contributed by atoms with Gasteiger partial charge in [0.15, 0.2) is 0 Å². The Morgan fingerprint density at radius 2 is 1.89 bits per heavy atom. The van der Waals surface area contributed by atoms with Crippen LogP contribution in [0.1, 0.15) is 27.2 Å². The average Bonchev–Trinajstić information content (AvgIpc) is 2.80. The van der Waals surface area contributed by atoms with E-state index in [-0.39, 0.29) is 5.76 Å². The first-order valence-corrected chi connectivity index (χ1v) is 6.10. The van der Waals surface area contributed by atoms with Crippen LogP contribution < -0.4 is 0 Å².